The van der Waals surface area contributed by atoms with Gasteiger partial charge in [-0.2, -0.15) is 5.10 Å². The van der Waals surface area contributed by atoms with E-state index in [-0.39, 0.29) is 30.0 Å². The van der Waals surface area contributed by atoms with Gasteiger partial charge < -0.3 is 19.5 Å². The van der Waals surface area contributed by atoms with E-state index in [0.717, 1.165) is 56.0 Å². The van der Waals surface area contributed by atoms with Crippen molar-refractivity contribution in [2.24, 2.45) is 13.0 Å². The number of amides is 2. The molecule has 0 unspecified atom stereocenters. The van der Waals surface area contributed by atoms with Crippen LogP contribution in [0.15, 0.2) is 48.8 Å². The van der Waals surface area contributed by atoms with Gasteiger partial charge in [0.25, 0.3) is 0 Å². The Morgan fingerprint density at radius 3 is 2.48 bits per heavy atom. The van der Waals surface area contributed by atoms with E-state index in [1.54, 1.807) is 16.9 Å². The molecule has 3 saturated heterocycles. The molecule has 3 aromatic heterocycles. The van der Waals surface area contributed by atoms with Crippen molar-refractivity contribution < 1.29 is 23.1 Å². The standard InChI is InChI=1S/C39H42ClF2N9O3/c1-22-19-49(20-24-12-14-50(15-13-24)31-10-8-27(33(41)34(31)42)28-9-11-32(52)44-39(28)53)16-17-51(22)25-4-6-26(7-5-25)54-36-30(40)18-43-38-35(36)45-37(46-38)29-21-48(3)47-23(29)2/h4-8,10,18,21-22,24,28H,9,11-17,19-20H2,1-3H3,(H,43,45,46)(H,44,52,53)/t22-,28+/m0/s1. The lowest BCUT2D eigenvalue weighted by molar-refractivity contribution is -0.134. The van der Waals surface area contributed by atoms with Gasteiger partial charge in [0.05, 0.1) is 29.1 Å². The van der Waals surface area contributed by atoms with Crippen LogP contribution in [0.25, 0.3) is 22.6 Å². The zero-order valence-electron chi connectivity index (χ0n) is 30.4. The minimum atomic E-state index is -1.00. The maximum atomic E-state index is 15.3. The number of ether oxygens (including phenoxy) is 1. The van der Waals surface area contributed by atoms with E-state index >= 15 is 8.78 Å². The summed E-state index contributed by atoms with van der Waals surface area (Å²) in [6.07, 6.45) is 5.49. The number of imide groups is 1. The predicted molar refractivity (Wildman–Crippen MR) is 202 cm³/mol. The molecule has 2 amide bonds. The lowest BCUT2D eigenvalue weighted by atomic mass is 9.89. The number of piperazine rings is 1. The number of benzene rings is 2. The molecule has 3 fully saturated rings. The number of aromatic amines is 1. The van der Waals surface area contributed by atoms with Crippen molar-refractivity contribution in [2.45, 2.75) is 51.5 Å². The number of carbonyl (C=O) groups is 2. The lowest BCUT2D eigenvalue weighted by Crippen LogP contribution is -2.53. The number of pyridine rings is 1. The zero-order chi connectivity index (χ0) is 37.7. The molecule has 0 bridgehead atoms. The number of nitrogens with zero attached hydrogens (tertiary/aromatic N) is 7. The Labute approximate surface area is 316 Å². The molecule has 3 aliphatic rings. The van der Waals surface area contributed by atoms with Gasteiger partial charge in [0.2, 0.25) is 11.8 Å². The summed E-state index contributed by atoms with van der Waals surface area (Å²) >= 11 is 6.57. The highest BCUT2D eigenvalue weighted by Gasteiger charge is 2.33. The van der Waals surface area contributed by atoms with Crippen LogP contribution in [0.3, 0.4) is 0 Å². The van der Waals surface area contributed by atoms with Crippen LogP contribution in [0.4, 0.5) is 20.2 Å². The highest BCUT2D eigenvalue weighted by atomic mass is 35.5. The van der Waals surface area contributed by atoms with E-state index < -0.39 is 23.5 Å². The van der Waals surface area contributed by atoms with Gasteiger partial charge in [-0.3, -0.25) is 24.5 Å². The van der Waals surface area contributed by atoms with Crippen LogP contribution >= 0.6 is 11.6 Å². The summed E-state index contributed by atoms with van der Waals surface area (Å²) in [5.74, 6) is -1.55. The molecule has 0 spiro atoms. The van der Waals surface area contributed by atoms with E-state index in [4.69, 9.17) is 16.3 Å². The Balaban J connectivity index is 0.850. The fraction of sp³-hybridized carbons (Fsp3) is 0.410. The maximum Gasteiger partial charge on any atom is 0.234 e. The summed E-state index contributed by atoms with van der Waals surface area (Å²) in [4.78, 5) is 43.0. The minimum Gasteiger partial charge on any atom is -0.453 e. The molecule has 54 heavy (non-hydrogen) atoms. The summed E-state index contributed by atoms with van der Waals surface area (Å²) in [7, 11) is 1.87. The Kier molecular flexibility index (Phi) is 9.73. The first-order chi connectivity index (χ1) is 26.0. The second kappa shape index (κ2) is 14.6. The number of nitrogens with one attached hydrogen (secondary N) is 2. The first-order valence-corrected chi connectivity index (χ1v) is 18.8. The number of aromatic nitrogens is 5. The number of anilines is 2. The van der Waals surface area contributed by atoms with Crippen molar-refractivity contribution in [1.29, 1.82) is 0 Å². The van der Waals surface area contributed by atoms with Crippen molar-refractivity contribution in [1.82, 2.24) is 34.9 Å². The fourth-order valence-corrected chi connectivity index (χ4v) is 8.34. The minimum absolute atomic E-state index is 0.00521. The number of aryl methyl sites for hydroxylation is 2. The number of hydrogen-bond acceptors (Lipinski definition) is 9. The van der Waals surface area contributed by atoms with Gasteiger partial charge in [-0.15, -0.1) is 0 Å². The van der Waals surface area contributed by atoms with E-state index in [9.17, 15) is 9.59 Å². The molecule has 6 heterocycles. The van der Waals surface area contributed by atoms with Crippen molar-refractivity contribution in [2.75, 3.05) is 49.1 Å². The molecule has 12 nitrogen and oxygen atoms in total. The van der Waals surface area contributed by atoms with Crippen LogP contribution in [0.2, 0.25) is 5.02 Å². The second-order valence-corrected chi connectivity index (χ2v) is 15.1. The molecule has 2 aromatic carbocycles. The first-order valence-electron chi connectivity index (χ1n) is 18.4. The van der Waals surface area contributed by atoms with Crippen molar-refractivity contribution in [3.8, 4) is 22.9 Å². The summed E-state index contributed by atoms with van der Waals surface area (Å²) in [5.41, 5.74) is 4.19. The number of H-pyrrole nitrogens is 1. The molecule has 2 N–H and O–H groups in total. The Bertz CT molecular complexity index is 2220. The number of carbonyl (C=O) groups excluding carboxylic acids is 2. The molecule has 8 rings (SSSR count). The van der Waals surface area contributed by atoms with E-state index in [1.165, 1.54) is 6.07 Å². The highest BCUT2D eigenvalue weighted by Crippen LogP contribution is 2.38. The van der Waals surface area contributed by atoms with Crippen LogP contribution in [-0.4, -0.2) is 86.8 Å². The van der Waals surface area contributed by atoms with Crippen LogP contribution in [0, 0.1) is 24.5 Å². The quantitative estimate of drug-likeness (QED) is 0.175. The average Bonchev–Trinajstić information content (AvgIpc) is 3.74. The van der Waals surface area contributed by atoms with Gasteiger partial charge >= 0.3 is 0 Å². The summed E-state index contributed by atoms with van der Waals surface area (Å²) < 4.78 is 38.5. The molecule has 0 radical (unpaired) electrons. The Hall–Kier alpha value is -5.08. The van der Waals surface area contributed by atoms with Gasteiger partial charge in [0.15, 0.2) is 23.0 Å². The summed E-state index contributed by atoms with van der Waals surface area (Å²) in [5, 5.41) is 7.02. The highest BCUT2D eigenvalue weighted by molar-refractivity contribution is 6.32. The predicted octanol–water partition coefficient (Wildman–Crippen LogP) is 6.34. The van der Waals surface area contributed by atoms with Crippen molar-refractivity contribution >= 4 is 46.0 Å². The number of fused-ring (bicyclic) bond motifs is 1. The molecular formula is C39H42ClF2N9O3. The van der Waals surface area contributed by atoms with Gasteiger partial charge in [-0.25, -0.2) is 18.7 Å². The molecule has 3 aliphatic heterocycles. The van der Waals surface area contributed by atoms with Gasteiger partial charge in [-0.1, -0.05) is 17.7 Å². The third kappa shape index (κ3) is 7.00. The van der Waals surface area contributed by atoms with Crippen LogP contribution < -0.4 is 19.9 Å². The normalized spacial score (nSPS) is 20.2. The van der Waals surface area contributed by atoms with E-state index in [1.807, 2.05) is 37.2 Å². The molecule has 15 heteroatoms. The van der Waals surface area contributed by atoms with Crippen LogP contribution in [0.5, 0.6) is 11.5 Å². The molecule has 0 aliphatic carbocycles. The van der Waals surface area contributed by atoms with E-state index in [2.05, 4.69) is 54.2 Å². The van der Waals surface area contributed by atoms with Crippen LogP contribution in [0.1, 0.15) is 49.8 Å². The van der Waals surface area contributed by atoms with Gasteiger partial charge in [0.1, 0.15) is 22.1 Å². The summed E-state index contributed by atoms with van der Waals surface area (Å²) in [6, 6.07) is 11.4. The van der Waals surface area contributed by atoms with E-state index in [0.29, 0.717) is 58.6 Å². The van der Waals surface area contributed by atoms with Gasteiger partial charge in [0, 0.05) is 76.2 Å². The third-order valence-electron chi connectivity index (χ3n) is 11.0. The number of hydrogen-bond donors (Lipinski definition) is 2. The molecule has 2 atom stereocenters. The third-order valence-corrected chi connectivity index (χ3v) is 11.2. The largest absolute Gasteiger partial charge is 0.453 e. The molecule has 5 aromatic rings. The van der Waals surface area contributed by atoms with Gasteiger partial charge in [-0.05, 0) is 69.4 Å². The number of piperidine rings is 2. The SMILES string of the molecule is Cc1nn(C)cc1-c1nc2ncc(Cl)c(Oc3ccc(N4CCN(CC5CCN(c6ccc([C@H]7CCC(=O)NC7=O)c(F)c6F)CC5)C[C@@H]4C)cc3)c2[nH]1. The number of halogens is 3. The average molecular weight is 758 g/mol. The first kappa shape index (κ1) is 35.9. The zero-order valence-corrected chi connectivity index (χ0v) is 31.2. The topological polar surface area (TPSA) is 125 Å². The molecule has 282 valence electrons. The summed E-state index contributed by atoms with van der Waals surface area (Å²) in [6.45, 7) is 9.11. The van der Waals surface area contributed by atoms with Crippen LogP contribution in [-0.2, 0) is 16.6 Å². The Morgan fingerprint density at radius 1 is 1.00 bits per heavy atom. The Morgan fingerprint density at radius 2 is 1.78 bits per heavy atom. The lowest BCUT2D eigenvalue weighted by Gasteiger charge is -2.43. The smallest absolute Gasteiger partial charge is 0.234 e. The molecular weight excluding hydrogens is 716 g/mol. The number of imidazole rings is 1. The maximum absolute atomic E-state index is 15.3. The number of rotatable bonds is 8. The van der Waals surface area contributed by atoms with Crippen molar-refractivity contribution in [3.05, 3.63) is 76.7 Å². The fourth-order valence-electron chi connectivity index (χ4n) is 8.16. The molecule has 0 saturated carbocycles. The second-order valence-electron chi connectivity index (χ2n) is 14.7. The van der Waals surface area contributed by atoms with Crippen molar-refractivity contribution in [3.63, 3.8) is 0 Å². The monoisotopic (exact) mass is 757 g/mol.